The van der Waals surface area contributed by atoms with Crippen LogP contribution in [0.5, 0.6) is 0 Å². The number of carboxylic acids is 2. The van der Waals surface area contributed by atoms with Gasteiger partial charge in [-0.25, -0.2) is 9.59 Å². The zero-order valence-corrected chi connectivity index (χ0v) is 10.9. The molecule has 0 saturated heterocycles. The van der Waals surface area contributed by atoms with Crippen molar-refractivity contribution in [1.82, 2.24) is 10.6 Å². The van der Waals surface area contributed by atoms with Crippen molar-refractivity contribution in [2.75, 3.05) is 0 Å². The predicted molar refractivity (Wildman–Crippen MR) is 66.8 cm³/mol. The second kappa shape index (κ2) is 6.96. The van der Waals surface area contributed by atoms with Crippen molar-refractivity contribution in [3.05, 3.63) is 0 Å². The zero-order valence-electron chi connectivity index (χ0n) is 10.9. The monoisotopic (exact) mass is 272 g/mol. The lowest BCUT2D eigenvalue weighted by molar-refractivity contribution is -0.145. The fourth-order valence-corrected chi connectivity index (χ4v) is 2.16. The van der Waals surface area contributed by atoms with Crippen molar-refractivity contribution in [3.8, 4) is 0 Å². The molecule has 1 rings (SSSR count). The average Bonchev–Trinajstić information content (AvgIpc) is 2.30. The summed E-state index contributed by atoms with van der Waals surface area (Å²) < 4.78 is 0. The fourth-order valence-electron chi connectivity index (χ4n) is 2.16. The van der Waals surface area contributed by atoms with E-state index >= 15 is 0 Å². The van der Waals surface area contributed by atoms with E-state index in [2.05, 4.69) is 17.6 Å². The van der Waals surface area contributed by atoms with Crippen LogP contribution in [0.2, 0.25) is 0 Å². The maximum Gasteiger partial charge on any atom is 0.326 e. The van der Waals surface area contributed by atoms with Crippen LogP contribution in [0, 0.1) is 5.92 Å². The molecular weight excluding hydrogens is 252 g/mol. The molecule has 1 atom stereocenters. The van der Waals surface area contributed by atoms with Crippen molar-refractivity contribution in [2.45, 2.75) is 51.1 Å². The Balaban J connectivity index is 2.40. The molecule has 1 fully saturated rings. The molecule has 0 aliphatic heterocycles. The van der Waals surface area contributed by atoms with Crippen LogP contribution in [-0.2, 0) is 9.59 Å². The Labute approximate surface area is 111 Å². The van der Waals surface area contributed by atoms with Crippen LogP contribution in [0.3, 0.4) is 0 Å². The normalized spacial score (nSPS) is 24.3. The van der Waals surface area contributed by atoms with Gasteiger partial charge in [0.25, 0.3) is 0 Å². The second-order valence-electron chi connectivity index (χ2n) is 5.06. The molecule has 1 aliphatic rings. The van der Waals surface area contributed by atoms with Gasteiger partial charge in [0.05, 0.1) is 6.42 Å². The predicted octanol–water partition coefficient (Wildman–Crippen LogP) is 0.792. The van der Waals surface area contributed by atoms with Gasteiger partial charge in [-0.15, -0.1) is 0 Å². The topological polar surface area (TPSA) is 116 Å². The van der Waals surface area contributed by atoms with Crippen LogP contribution in [0.15, 0.2) is 0 Å². The van der Waals surface area contributed by atoms with E-state index in [1.54, 1.807) is 0 Å². The summed E-state index contributed by atoms with van der Waals surface area (Å²) in [5.74, 6) is -1.96. The van der Waals surface area contributed by atoms with Crippen LogP contribution < -0.4 is 10.6 Å². The molecule has 0 aromatic carbocycles. The molecule has 0 spiro atoms. The van der Waals surface area contributed by atoms with Crippen LogP contribution in [0.4, 0.5) is 4.79 Å². The first-order chi connectivity index (χ1) is 8.88. The summed E-state index contributed by atoms with van der Waals surface area (Å²) in [4.78, 5) is 32.9. The lowest BCUT2D eigenvalue weighted by Crippen LogP contribution is -2.50. The number of nitrogens with one attached hydrogen (secondary N) is 2. The zero-order chi connectivity index (χ0) is 14.4. The van der Waals surface area contributed by atoms with Gasteiger partial charge in [-0.1, -0.05) is 6.92 Å². The number of carboxylic acid groups (broad SMARTS) is 2. The van der Waals surface area contributed by atoms with E-state index in [1.165, 1.54) is 0 Å². The van der Waals surface area contributed by atoms with Crippen molar-refractivity contribution >= 4 is 18.0 Å². The number of carbonyl (C=O) groups is 3. The molecule has 2 amide bonds. The van der Waals surface area contributed by atoms with Gasteiger partial charge in [-0.3, -0.25) is 4.79 Å². The molecule has 0 aromatic heterocycles. The highest BCUT2D eigenvalue weighted by molar-refractivity contribution is 5.86. The lowest BCUT2D eigenvalue weighted by atomic mass is 9.87. The molecule has 0 bridgehead atoms. The number of rotatable bonds is 5. The minimum Gasteiger partial charge on any atom is -0.481 e. The third-order valence-electron chi connectivity index (χ3n) is 3.33. The number of aliphatic carboxylic acids is 2. The third kappa shape index (κ3) is 5.58. The van der Waals surface area contributed by atoms with Gasteiger partial charge in [0.1, 0.15) is 6.04 Å². The first-order valence-corrected chi connectivity index (χ1v) is 6.40. The van der Waals surface area contributed by atoms with Crippen molar-refractivity contribution in [1.29, 1.82) is 0 Å². The number of hydrogen-bond donors (Lipinski definition) is 4. The molecule has 0 radical (unpaired) electrons. The van der Waals surface area contributed by atoms with Gasteiger partial charge in [0.2, 0.25) is 0 Å². The van der Waals surface area contributed by atoms with E-state index < -0.39 is 30.4 Å². The minimum absolute atomic E-state index is 0.0375. The summed E-state index contributed by atoms with van der Waals surface area (Å²) >= 11 is 0. The summed E-state index contributed by atoms with van der Waals surface area (Å²) in [6.45, 7) is 2.16. The summed E-state index contributed by atoms with van der Waals surface area (Å²) in [6.07, 6.45) is 3.16. The van der Waals surface area contributed by atoms with E-state index in [4.69, 9.17) is 10.2 Å². The van der Waals surface area contributed by atoms with Crippen molar-refractivity contribution < 1.29 is 24.6 Å². The van der Waals surface area contributed by atoms with Crippen LogP contribution in [-0.4, -0.2) is 40.3 Å². The van der Waals surface area contributed by atoms with Crippen LogP contribution in [0.25, 0.3) is 0 Å². The molecule has 0 heterocycles. The second-order valence-corrected chi connectivity index (χ2v) is 5.06. The van der Waals surface area contributed by atoms with Crippen LogP contribution >= 0.6 is 0 Å². The number of hydrogen-bond acceptors (Lipinski definition) is 3. The average molecular weight is 272 g/mol. The molecule has 0 unspecified atom stereocenters. The molecule has 7 nitrogen and oxygen atoms in total. The van der Waals surface area contributed by atoms with Crippen molar-refractivity contribution in [2.24, 2.45) is 5.92 Å². The highest BCUT2D eigenvalue weighted by Gasteiger charge is 2.25. The summed E-state index contributed by atoms with van der Waals surface area (Å²) in [6, 6.07) is -1.98. The van der Waals surface area contributed by atoms with E-state index in [0.717, 1.165) is 25.7 Å². The molecule has 1 aliphatic carbocycles. The van der Waals surface area contributed by atoms with E-state index in [0.29, 0.717) is 5.92 Å². The Bertz CT molecular complexity index is 350. The van der Waals surface area contributed by atoms with Gasteiger partial charge in [-0.2, -0.15) is 0 Å². The highest BCUT2D eigenvalue weighted by Crippen LogP contribution is 2.23. The third-order valence-corrected chi connectivity index (χ3v) is 3.33. The number of carbonyl (C=O) groups excluding carboxylic acids is 1. The molecule has 0 aromatic rings. The van der Waals surface area contributed by atoms with Gasteiger partial charge in [-0.05, 0) is 31.6 Å². The van der Waals surface area contributed by atoms with E-state index in [9.17, 15) is 14.4 Å². The minimum atomic E-state index is -1.40. The molecule has 7 heteroatoms. The largest absolute Gasteiger partial charge is 0.481 e. The molecular formula is C12H20N2O5. The van der Waals surface area contributed by atoms with Crippen molar-refractivity contribution in [3.63, 3.8) is 0 Å². The lowest BCUT2D eigenvalue weighted by Gasteiger charge is -2.27. The van der Waals surface area contributed by atoms with Gasteiger partial charge < -0.3 is 20.8 Å². The first kappa shape index (κ1) is 15.3. The Morgan fingerprint density at radius 2 is 1.74 bits per heavy atom. The van der Waals surface area contributed by atoms with E-state index in [-0.39, 0.29) is 6.04 Å². The number of urea groups is 1. The smallest absolute Gasteiger partial charge is 0.326 e. The van der Waals surface area contributed by atoms with Gasteiger partial charge in [0.15, 0.2) is 0 Å². The highest BCUT2D eigenvalue weighted by atomic mass is 16.4. The first-order valence-electron chi connectivity index (χ1n) is 6.40. The quantitative estimate of drug-likeness (QED) is 0.590. The standard InChI is InChI=1S/C12H20N2O5/c1-7-2-4-8(5-3-7)13-12(19)14-9(11(17)18)6-10(15)16/h7-9H,2-6H2,1H3,(H,15,16)(H,17,18)(H2,13,14,19)/t7?,8?,9-/m1/s1. The maximum atomic E-state index is 11.6. The number of amides is 2. The Morgan fingerprint density at radius 1 is 1.16 bits per heavy atom. The molecule has 19 heavy (non-hydrogen) atoms. The fraction of sp³-hybridized carbons (Fsp3) is 0.750. The SMILES string of the molecule is CC1CCC(NC(=O)N[C@H](CC(=O)O)C(=O)O)CC1. The van der Waals surface area contributed by atoms with E-state index in [1.807, 2.05) is 0 Å². The molecule has 1 saturated carbocycles. The maximum absolute atomic E-state index is 11.6. The molecule has 4 N–H and O–H groups in total. The Kier molecular flexibility index (Phi) is 5.59. The Morgan fingerprint density at radius 3 is 2.21 bits per heavy atom. The summed E-state index contributed by atoms with van der Waals surface area (Å²) in [7, 11) is 0. The summed E-state index contributed by atoms with van der Waals surface area (Å²) in [5, 5.41) is 22.2. The van der Waals surface area contributed by atoms with Crippen LogP contribution in [0.1, 0.15) is 39.0 Å². The van der Waals surface area contributed by atoms with Gasteiger partial charge >= 0.3 is 18.0 Å². The van der Waals surface area contributed by atoms with Gasteiger partial charge in [0, 0.05) is 6.04 Å². The molecule has 108 valence electrons. The summed E-state index contributed by atoms with van der Waals surface area (Å²) in [5.41, 5.74) is 0. The Hall–Kier alpha value is -1.79.